The van der Waals surface area contributed by atoms with Crippen LogP contribution in [0.1, 0.15) is 5.82 Å². The molecule has 0 aliphatic carbocycles. The molecule has 0 spiro atoms. The molecule has 1 N–H and O–H groups in total. The van der Waals surface area contributed by atoms with Crippen molar-refractivity contribution < 1.29 is 4.74 Å². The Morgan fingerprint density at radius 1 is 1.22 bits per heavy atom. The minimum atomic E-state index is 0.602. The van der Waals surface area contributed by atoms with Gasteiger partial charge in [0.1, 0.15) is 11.6 Å². The van der Waals surface area contributed by atoms with Crippen molar-refractivity contribution in [2.45, 2.75) is 6.42 Å². The first-order valence-corrected chi connectivity index (χ1v) is 6.04. The Hall–Kier alpha value is -1.65. The number of rotatable bonds is 5. The summed E-state index contributed by atoms with van der Waals surface area (Å²) in [5.74, 6) is 2.07. The van der Waals surface area contributed by atoms with E-state index in [2.05, 4.69) is 15.3 Å². The summed E-state index contributed by atoms with van der Waals surface area (Å²) in [7, 11) is 1.90. The van der Waals surface area contributed by atoms with E-state index in [1.165, 1.54) is 0 Å². The molecule has 0 atom stereocenters. The van der Waals surface area contributed by atoms with E-state index in [9.17, 15) is 0 Å². The molecule has 2 aromatic rings. The predicted octanol–water partition coefficient (Wildman–Crippen LogP) is 2.68. The molecule has 0 amide bonds. The minimum absolute atomic E-state index is 0.602. The molecular weight excluding hydrogens is 250 g/mol. The molecule has 1 aromatic carbocycles. The van der Waals surface area contributed by atoms with Crippen molar-refractivity contribution in [2.24, 2.45) is 0 Å². The zero-order chi connectivity index (χ0) is 12.8. The number of benzene rings is 1. The summed E-state index contributed by atoms with van der Waals surface area (Å²) >= 11 is 5.88. The Labute approximate surface area is 111 Å². The lowest BCUT2D eigenvalue weighted by Crippen LogP contribution is -2.12. The second-order valence-corrected chi connectivity index (χ2v) is 4.18. The minimum Gasteiger partial charge on any atom is -0.454 e. The Morgan fingerprint density at radius 3 is 2.67 bits per heavy atom. The van der Waals surface area contributed by atoms with Crippen LogP contribution in [0.3, 0.4) is 0 Å². The van der Waals surface area contributed by atoms with Gasteiger partial charge in [-0.25, -0.2) is 9.97 Å². The molecule has 0 unspecified atom stereocenters. The summed E-state index contributed by atoms with van der Waals surface area (Å²) < 4.78 is 5.59. The topological polar surface area (TPSA) is 47.0 Å². The number of halogens is 1. The van der Waals surface area contributed by atoms with Crippen LogP contribution in [0.5, 0.6) is 11.5 Å². The monoisotopic (exact) mass is 263 g/mol. The lowest BCUT2D eigenvalue weighted by atomic mass is 10.3. The van der Waals surface area contributed by atoms with Crippen LogP contribution in [-0.4, -0.2) is 23.6 Å². The van der Waals surface area contributed by atoms with Gasteiger partial charge in [-0.3, -0.25) is 0 Å². The van der Waals surface area contributed by atoms with Crippen molar-refractivity contribution in [3.63, 3.8) is 0 Å². The third kappa shape index (κ3) is 3.68. The molecular formula is C13H14ClN3O. The Morgan fingerprint density at radius 2 is 2.00 bits per heavy atom. The lowest BCUT2D eigenvalue weighted by molar-refractivity contribution is 0.476. The number of hydrogen-bond acceptors (Lipinski definition) is 4. The van der Waals surface area contributed by atoms with E-state index in [4.69, 9.17) is 16.3 Å². The van der Waals surface area contributed by atoms with Crippen LogP contribution < -0.4 is 10.1 Å². The van der Waals surface area contributed by atoms with Crippen LogP contribution in [0, 0.1) is 0 Å². The predicted molar refractivity (Wildman–Crippen MR) is 71.2 cm³/mol. The first-order chi connectivity index (χ1) is 8.78. The molecule has 4 nitrogen and oxygen atoms in total. The van der Waals surface area contributed by atoms with Gasteiger partial charge in [0, 0.05) is 18.0 Å². The highest BCUT2D eigenvalue weighted by Crippen LogP contribution is 2.22. The highest BCUT2D eigenvalue weighted by molar-refractivity contribution is 6.30. The Kier molecular flexibility index (Phi) is 4.50. The zero-order valence-electron chi connectivity index (χ0n) is 10.1. The van der Waals surface area contributed by atoms with E-state index < -0.39 is 0 Å². The van der Waals surface area contributed by atoms with E-state index in [1.54, 1.807) is 24.5 Å². The van der Waals surface area contributed by atoms with Crippen LogP contribution in [0.15, 0.2) is 36.7 Å². The van der Waals surface area contributed by atoms with Crippen molar-refractivity contribution in [3.05, 3.63) is 47.5 Å². The maximum Gasteiger partial charge on any atom is 0.164 e. The fourth-order valence-electron chi connectivity index (χ4n) is 1.43. The van der Waals surface area contributed by atoms with Crippen molar-refractivity contribution in [2.75, 3.05) is 13.6 Å². The molecule has 5 heteroatoms. The fourth-order valence-corrected chi connectivity index (χ4v) is 1.61. The molecule has 0 radical (unpaired) electrons. The standard InChI is InChI=1S/C13H14ClN3O/c1-15-6-5-13-16-8-12(9-17-13)18-11-4-2-3-10(14)7-11/h2-4,7-9,15H,5-6H2,1H3. The SMILES string of the molecule is CNCCc1ncc(Oc2cccc(Cl)c2)cn1. The van der Waals surface area contributed by atoms with Crippen LogP contribution in [0.2, 0.25) is 5.02 Å². The van der Waals surface area contributed by atoms with Gasteiger partial charge in [-0.05, 0) is 25.2 Å². The zero-order valence-corrected chi connectivity index (χ0v) is 10.8. The lowest BCUT2D eigenvalue weighted by Gasteiger charge is -2.05. The molecule has 1 heterocycles. The number of nitrogens with one attached hydrogen (secondary N) is 1. The molecule has 2 rings (SSSR count). The second kappa shape index (κ2) is 6.33. The third-order valence-electron chi connectivity index (χ3n) is 2.31. The molecule has 0 aliphatic rings. The van der Waals surface area contributed by atoms with Gasteiger partial charge in [0.15, 0.2) is 5.75 Å². The average Bonchev–Trinajstić information content (AvgIpc) is 2.38. The van der Waals surface area contributed by atoms with Crippen LogP contribution in [0.25, 0.3) is 0 Å². The van der Waals surface area contributed by atoms with E-state index in [0.29, 0.717) is 16.5 Å². The molecule has 0 aliphatic heterocycles. The van der Waals surface area contributed by atoms with E-state index in [0.717, 1.165) is 18.8 Å². The summed E-state index contributed by atoms with van der Waals surface area (Å²) in [6.07, 6.45) is 4.13. The maximum absolute atomic E-state index is 5.88. The second-order valence-electron chi connectivity index (χ2n) is 3.75. The molecule has 0 fully saturated rings. The molecule has 94 valence electrons. The van der Waals surface area contributed by atoms with Gasteiger partial charge in [0.2, 0.25) is 0 Å². The van der Waals surface area contributed by atoms with Gasteiger partial charge in [0.05, 0.1) is 12.4 Å². The Balaban J connectivity index is 2.02. The maximum atomic E-state index is 5.88. The number of nitrogens with zero attached hydrogens (tertiary/aromatic N) is 2. The van der Waals surface area contributed by atoms with Crippen molar-refractivity contribution in [1.82, 2.24) is 15.3 Å². The van der Waals surface area contributed by atoms with E-state index in [-0.39, 0.29) is 0 Å². The quantitative estimate of drug-likeness (QED) is 0.901. The first kappa shape index (κ1) is 12.8. The highest BCUT2D eigenvalue weighted by Gasteiger charge is 2.00. The summed E-state index contributed by atoms with van der Waals surface area (Å²) in [4.78, 5) is 8.45. The van der Waals surface area contributed by atoms with Crippen molar-refractivity contribution >= 4 is 11.6 Å². The summed E-state index contributed by atoms with van der Waals surface area (Å²) in [5, 5.41) is 3.69. The summed E-state index contributed by atoms with van der Waals surface area (Å²) in [6, 6.07) is 7.21. The normalized spacial score (nSPS) is 10.3. The Bertz CT molecular complexity index is 502. The average molecular weight is 264 g/mol. The first-order valence-electron chi connectivity index (χ1n) is 5.67. The molecule has 0 saturated carbocycles. The molecule has 0 bridgehead atoms. The van der Waals surface area contributed by atoms with E-state index in [1.807, 2.05) is 19.2 Å². The van der Waals surface area contributed by atoms with Gasteiger partial charge < -0.3 is 10.1 Å². The van der Waals surface area contributed by atoms with Crippen LogP contribution in [0.4, 0.5) is 0 Å². The summed E-state index contributed by atoms with van der Waals surface area (Å²) in [6.45, 7) is 0.856. The van der Waals surface area contributed by atoms with E-state index >= 15 is 0 Å². The number of likely N-dealkylation sites (N-methyl/N-ethyl adjacent to an activating group) is 1. The van der Waals surface area contributed by atoms with Gasteiger partial charge >= 0.3 is 0 Å². The molecule has 18 heavy (non-hydrogen) atoms. The van der Waals surface area contributed by atoms with Crippen molar-refractivity contribution in [3.8, 4) is 11.5 Å². The largest absolute Gasteiger partial charge is 0.454 e. The van der Waals surface area contributed by atoms with Crippen LogP contribution in [-0.2, 0) is 6.42 Å². The third-order valence-corrected chi connectivity index (χ3v) is 2.55. The van der Waals surface area contributed by atoms with Gasteiger partial charge in [-0.2, -0.15) is 0 Å². The van der Waals surface area contributed by atoms with Gasteiger partial charge in [-0.15, -0.1) is 0 Å². The highest BCUT2D eigenvalue weighted by atomic mass is 35.5. The van der Waals surface area contributed by atoms with Crippen molar-refractivity contribution in [1.29, 1.82) is 0 Å². The number of ether oxygens (including phenoxy) is 1. The fraction of sp³-hybridized carbons (Fsp3) is 0.231. The molecule has 1 aromatic heterocycles. The van der Waals surface area contributed by atoms with Gasteiger partial charge in [-0.1, -0.05) is 17.7 Å². The molecule has 0 saturated heterocycles. The van der Waals surface area contributed by atoms with Gasteiger partial charge in [0.25, 0.3) is 0 Å². The number of aromatic nitrogens is 2. The summed E-state index contributed by atoms with van der Waals surface area (Å²) in [5.41, 5.74) is 0. The van der Waals surface area contributed by atoms with Crippen LogP contribution >= 0.6 is 11.6 Å². The number of hydrogen-bond donors (Lipinski definition) is 1. The smallest absolute Gasteiger partial charge is 0.164 e.